The molecule has 0 aliphatic rings. The Labute approximate surface area is 109 Å². The number of aromatic nitrogens is 4. The van der Waals surface area contributed by atoms with Gasteiger partial charge < -0.3 is 0 Å². The highest BCUT2D eigenvalue weighted by molar-refractivity contribution is 6.28. The first-order valence-corrected chi connectivity index (χ1v) is 6.12. The zero-order chi connectivity index (χ0) is 12.5. The second-order valence-corrected chi connectivity index (χ2v) is 4.24. The van der Waals surface area contributed by atoms with Gasteiger partial charge in [0, 0.05) is 24.2 Å². The van der Waals surface area contributed by atoms with Crippen LogP contribution in [0.5, 0.6) is 0 Å². The van der Waals surface area contributed by atoms with Crippen molar-refractivity contribution in [3.05, 3.63) is 47.8 Å². The predicted molar refractivity (Wildman–Crippen MR) is 71.0 cm³/mol. The van der Waals surface area contributed by atoms with Gasteiger partial charge in [0.1, 0.15) is 5.82 Å². The molecule has 2 heterocycles. The Morgan fingerprint density at radius 2 is 2.06 bits per heavy atom. The number of hydrogen-bond donors (Lipinski definition) is 0. The molecule has 18 heavy (non-hydrogen) atoms. The number of benzene rings is 1. The summed E-state index contributed by atoms with van der Waals surface area (Å²) in [5.74, 6) is 1.73. The molecule has 0 spiro atoms. The molecule has 0 radical (unpaired) electrons. The van der Waals surface area contributed by atoms with Crippen LogP contribution >= 0.6 is 11.6 Å². The van der Waals surface area contributed by atoms with Gasteiger partial charge >= 0.3 is 0 Å². The Morgan fingerprint density at radius 3 is 2.89 bits per heavy atom. The molecule has 4 nitrogen and oxygen atoms in total. The van der Waals surface area contributed by atoms with Crippen molar-refractivity contribution in [3.63, 3.8) is 0 Å². The third kappa shape index (κ3) is 1.75. The molecule has 0 aliphatic carbocycles. The lowest BCUT2D eigenvalue weighted by atomic mass is 10.2. The number of halogens is 1. The quantitative estimate of drug-likeness (QED) is 0.664. The minimum Gasteiger partial charge on any atom is -0.287 e. The topological polar surface area (TPSA) is 43.6 Å². The zero-order valence-electron chi connectivity index (χ0n) is 9.84. The van der Waals surface area contributed by atoms with E-state index in [2.05, 4.69) is 21.9 Å². The summed E-state index contributed by atoms with van der Waals surface area (Å²) in [4.78, 5) is 12.9. The Hall–Kier alpha value is -1.94. The molecule has 0 aliphatic heterocycles. The average Bonchev–Trinajstić information content (AvgIpc) is 2.85. The van der Waals surface area contributed by atoms with E-state index in [1.165, 1.54) is 0 Å². The molecule has 1 aromatic carbocycles. The van der Waals surface area contributed by atoms with Crippen LogP contribution < -0.4 is 0 Å². The molecule has 0 amide bonds. The summed E-state index contributed by atoms with van der Waals surface area (Å²) in [6.07, 6.45) is 4.50. The summed E-state index contributed by atoms with van der Waals surface area (Å²) in [6, 6.07) is 7.81. The molecule has 0 fully saturated rings. The molecule has 3 rings (SSSR count). The third-order valence-electron chi connectivity index (χ3n) is 2.82. The zero-order valence-corrected chi connectivity index (χ0v) is 10.6. The van der Waals surface area contributed by atoms with E-state index in [1.807, 2.05) is 35.0 Å². The van der Waals surface area contributed by atoms with Gasteiger partial charge in [0.15, 0.2) is 5.82 Å². The van der Waals surface area contributed by atoms with Crippen LogP contribution in [-0.2, 0) is 6.42 Å². The largest absolute Gasteiger partial charge is 0.287 e. The first kappa shape index (κ1) is 11.2. The van der Waals surface area contributed by atoms with E-state index in [0.29, 0.717) is 0 Å². The Balaban J connectivity index is 2.34. The lowest BCUT2D eigenvalue weighted by Gasteiger charge is -2.09. The van der Waals surface area contributed by atoms with E-state index in [1.54, 1.807) is 6.20 Å². The van der Waals surface area contributed by atoms with Gasteiger partial charge in [-0.1, -0.05) is 19.1 Å². The molecular weight excluding hydrogens is 248 g/mol. The Morgan fingerprint density at radius 1 is 1.22 bits per heavy atom. The molecule has 0 saturated heterocycles. The number of fused-ring (bicyclic) bond motifs is 1. The molecule has 0 atom stereocenters. The van der Waals surface area contributed by atoms with Crippen LogP contribution in [0.25, 0.3) is 16.7 Å². The van der Waals surface area contributed by atoms with Gasteiger partial charge in [-0.05, 0) is 23.7 Å². The van der Waals surface area contributed by atoms with Crippen molar-refractivity contribution in [1.29, 1.82) is 0 Å². The molecule has 5 heteroatoms. The Kier molecular flexibility index (Phi) is 2.72. The number of hydrogen-bond acceptors (Lipinski definition) is 3. The fourth-order valence-corrected chi connectivity index (χ4v) is 2.18. The molecule has 3 aromatic rings. The maximum absolute atomic E-state index is 5.98. The summed E-state index contributed by atoms with van der Waals surface area (Å²) in [7, 11) is 0. The summed E-state index contributed by atoms with van der Waals surface area (Å²) in [6.45, 7) is 2.06. The highest BCUT2D eigenvalue weighted by atomic mass is 35.5. The van der Waals surface area contributed by atoms with Crippen molar-refractivity contribution in [1.82, 2.24) is 19.5 Å². The molecule has 0 N–H and O–H groups in total. The van der Waals surface area contributed by atoms with Crippen LogP contribution in [0.2, 0.25) is 5.28 Å². The highest BCUT2D eigenvalue weighted by Gasteiger charge is 2.10. The van der Waals surface area contributed by atoms with Gasteiger partial charge in [0.25, 0.3) is 0 Å². The van der Waals surface area contributed by atoms with Crippen molar-refractivity contribution >= 4 is 22.5 Å². The standard InChI is InChI=1S/C13H11ClN4/c1-2-11-15-7-8-18(11)12-9-5-3-4-6-10(9)16-13(14)17-12/h3-8H,2H2,1H3. The average molecular weight is 259 g/mol. The Bertz CT molecular complexity index is 705. The molecule has 0 saturated carbocycles. The summed E-state index contributed by atoms with van der Waals surface area (Å²) in [5, 5.41) is 1.22. The summed E-state index contributed by atoms with van der Waals surface area (Å²) < 4.78 is 1.95. The molecule has 0 bridgehead atoms. The van der Waals surface area contributed by atoms with Gasteiger partial charge in [-0.2, -0.15) is 4.98 Å². The molecule has 90 valence electrons. The van der Waals surface area contributed by atoms with Gasteiger partial charge in [-0.3, -0.25) is 4.57 Å². The van der Waals surface area contributed by atoms with E-state index in [4.69, 9.17) is 11.6 Å². The first-order valence-electron chi connectivity index (χ1n) is 5.74. The van der Waals surface area contributed by atoms with Crippen LogP contribution in [0, 0.1) is 0 Å². The van der Waals surface area contributed by atoms with E-state index >= 15 is 0 Å². The van der Waals surface area contributed by atoms with Gasteiger partial charge in [-0.25, -0.2) is 9.97 Å². The van der Waals surface area contributed by atoms with Gasteiger partial charge in [0.2, 0.25) is 5.28 Å². The van der Waals surface area contributed by atoms with Gasteiger partial charge in [0.05, 0.1) is 5.52 Å². The van der Waals surface area contributed by atoms with Crippen LogP contribution in [-0.4, -0.2) is 19.5 Å². The molecule has 2 aromatic heterocycles. The second kappa shape index (κ2) is 4.38. The summed E-state index contributed by atoms with van der Waals surface area (Å²) in [5.41, 5.74) is 0.836. The van der Waals surface area contributed by atoms with Gasteiger partial charge in [-0.15, -0.1) is 0 Å². The summed E-state index contributed by atoms with van der Waals surface area (Å²) >= 11 is 5.98. The molecule has 0 unspecified atom stereocenters. The van der Waals surface area contributed by atoms with Crippen molar-refractivity contribution in [2.75, 3.05) is 0 Å². The van der Waals surface area contributed by atoms with E-state index in [9.17, 15) is 0 Å². The van der Waals surface area contributed by atoms with Crippen LogP contribution in [0.1, 0.15) is 12.7 Å². The number of aryl methyl sites for hydroxylation is 1. The van der Waals surface area contributed by atoms with Crippen LogP contribution in [0.4, 0.5) is 0 Å². The monoisotopic (exact) mass is 258 g/mol. The first-order chi connectivity index (χ1) is 8.79. The van der Waals surface area contributed by atoms with Crippen molar-refractivity contribution < 1.29 is 0 Å². The van der Waals surface area contributed by atoms with Crippen molar-refractivity contribution in [3.8, 4) is 5.82 Å². The fourth-order valence-electron chi connectivity index (χ4n) is 2.00. The van der Waals surface area contributed by atoms with E-state index in [-0.39, 0.29) is 5.28 Å². The number of para-hydroxylation sites is 1. The van der Waals surface area contributed by atoms with Crippen molar-refractivity contribution in [2.45, 2.75) is 13.3 Å². The highest BCUT2D eigenvalue weighted by Crippen LogP contribution is 2.22. The van der Waals surface area contributed by atoms with Crippen LogP contribution in [0.3, 0.4) is 0 Å². The minimum absolute atomic E-state index is 0.249. The minimum atomic E-state index is 0.249. The molecular formula is C13H11ClN4. The van der Waals surface area contributed by atoms with E-state index in [0.717, 1.165) is 29.0 Å². The number of rotatable bonds is 2. The number of nitrogens with zero attached hydrogens (tertiary/aromatic N) is 4. The van der Waals surface area contributed by atoms with E-state index < -0.39 is 0 Å². The van der Waals surface area contributed by atoms with Crippen LogP contribution in [0.15, 0.2) is 36.7 Å². The van der Waals surface area contributed by atoms with Crippen molar-refractivity contribution in [2.24, 2.45) is 0 Å². The maximum atomic E-state index is 5.98. The SMILES string of the molecule is CCc1nccn1-c1nc(Cl)nc2ccccc12. The fraction of sp³-hybridized carbons (Fsp3) is 0.154. The normalized spacial score (nSPS) is 11.0. The maximum Gasteiger partial charge on any atom is 0.224 e. The predicted octanol–water partition coefficient (Wildman–Crippen LogP) is 3.03. The smallest absolute Gasteiger partial charge is 0.224 e. The third-order valence-corrected chi connectivity index (χ3v) is 2.99. The number of imidazole rings is 1. The lowest BCUT2D eigenvalue weighted by Crippen LogP contribution is -2.03. The lowest BCUT2D eigenvalue weighted by molar-refractivity contribution is 0.870. The second-order valence-electron chi connectivity index (χ2n) is 3.90.